The Morgan fingerprint density at radius 3 is 2.40 bits per heavy atom. The van der Waals surface area contributed by atoms with Crippen molar-refractivity contribution in [2.45, 2.75) is 0 Å². The Kier molecular flexibility index (Phi) is 8.06. The lowest BCUT2D eigenvalue weighted by atomic mass is 10.4. The highest BCUT2D eigenvalue weighted by molar-refractivity contribution is 5.87. The maximum Gasteiger partial charge on any atom is 0.382 e. The molecule has 0 aromatic heterocycles. The van der Waals surface area contributed by atoms with E-state index in [2.05, 4.69) is 24.3 Å². The lowest BCUT2D eigenvalue weighted by Gasteiger charge is -1.70. The lowest BCUT2D eigenvalue weighted by molar-refractivity contribution is -0.130. The molecule has 0 saturated heterocycles. The zero-order valence-corrected chi connectivity index (χ0v) is 8.10. The SMILES string of the molecule is C=CC=CC=CC=CC#CC#CC(=O)O. The van der Waals surface area contributed by atoms with Crippen molar-refractivity contribution in [1.82, 2.24) is 0 Å². The first-order valence-electron chi connectivity index (χ1n) is 4.12. The first-order chi connectivity index (χ1) is 7.27. The zero-order valence-electron chi connectivity index (χ0n) is 8.10. The summed E-state index contributed by atoms with van der Waals surface area (Å²) in [4.78, 5) is 9.95. The van der Waals surface area contributed by atoms with E-state index in [-0.39, 0.29) is 0 Å². The summed E-state index contributed by atoms with van der Waals surface area (Å²) in [7, 11) is 0. The molecule has 0 heterocycles. The number of hydrogen-bond acceptors (Lipinski definition) is 1. The van der Waals surface area contributed by atoms with Gasteiger partial charge < -0.3 is 5.11 Å². The van der Waals surface area contributed by atoms with Gasteiger partial charge in [-0.1, -0.05) is 49.0 Å². The van der Waals surface area contributed by atoms with Gasteiger partial charge in [-0.2, -0.15) is 0 Å². The zero-order chi connectivity index (χ0) is 11.4. The molecule has 0 atom stereocenters. The van der Waals surface area contributed by atoms with E-state index < -0.39 is 5.97 Å². The van der Waals surface area contributed by atoms with E-state index in [1.54, 1.807) is 30.4 Å². The predicted molar refractivity (Wildman–Crippen MR) is 60.8 cm³/mol. The fourth-order valence-corrected chi connectivity index (χ4v) is 0.537. The normalized spacial score (nSPS) is 9.60. The average Bonchev–Trinajstić information content (AvgIpc) is 2.20. The quantitative estimate of drug-likeness (QED) is 0.555. The van der Waals surface area contributed by atoms with Gasteiger partial charge in [-0.3, -0.25) is 0 Å². The van der Waals surface area contributed by atoms with Crippen LogP contribution in [-0.4, -0.2) is 11.1 Å². The van der Waals surface area contributed by atoms with Gasteiger partial charge in [-0.05, 0) is 17.9 Å². The summed E-state index contributed by atoms with van der Waals surface area (Å²) in [5.41, 5.74) is 0. The van der Waals surface area contributed by atoms with Crippen LogP contribution in [0.15, 0.2) is 49.1 Å². The third-order valence-corrected chi connectivity index (χ3v) is 1.06. The molecular formula is C13H10O2. The molecule has 0 aliphatic carbocycles. The van der Waals surface area contributed by atoms with E-state index >= 15 is 0 Å². The predicted octanol–water partition coefficient (Wildman–Crippen LogP) is 1.93. The Balaban J connectivity index is 3.96. The van der Waals surface area contributed by atoms with Crippen LogP contribution in [0.4, 0.5) is 0 Å². The molecule has 2 nitrogen and oxygen atoms in total. The Bertz CT molecular complexity index is 415. The largest absolute Gasteiger partial charge is 0.472 e. The number of carboxylic acids is 1. The second-order valence-corrected chi connectivity index (χ2v) is 2.19. The van der Waals surface area contributed by atoms with Crippen molar-refractivity contribution in [3.05, 3.63) is 49.1 Å². The molecule has 0 amide bonds. The fraction of sp³-hybridized carbons (Fsp3) is 0. The van der Waals surface area contributed by atoms with E-state index in [9.17, 15) is 4.79 Å². The van der Waals surface area contributed by atoms with Gasteiger partial charge in [0.05, 0.1) is 0 Å². The van der Waals surface area contributed by atoms with Gasteiger partial charge in [-0.25, -0.2) is 4.79 Å². The minimum atomic E-state index is -1.18. The van der Waals surface area contributed by atoms with E-state index in [1.165, 1.54) is 0 Å². The lowest BCUT2D eigenvalue weighted by Crippen LogP contribution is -1.85. The number of allylic oxidation sites excluding steroid dienone is 7. The molecule has 15 heavy (non-hydrogen) atoms. The summed E-state index contributed by atoms with van der Waals surface area (Å²) in [6.45, 7) is 3.52. The summed E-state index contributed by atoms with van der Waals surface area (Å²) in [6, 6.07) is 0. The second kappa shape index (κ2) is 9.64. The van der Waals surface area contributed by atoms with Crippen LogP contribution in [0.25, 0.3) is 0 Å². The van der Waals surface area contributed by atoms with Gasteiger partial charge in [0.15, 0.2) is 0 Å². The maximum absolute atomic E-state index is 9.95. The number of carboxylic acid groups (broad SMARTS) is 1. The van der Waals surface area contributed by atoms with E-state index in [4.69, 9.17) is 5.11 Å². The Hall–Kier alpha value is -2.45. The van der Waals surface area contributed by atoms with E-state index in [1.807, 2.05) is 18.1 Å². The topological polar surface area (TPSA) is 37.3 Å². The highest BCUT2D eigenvalue weighted by atomic mass is 16.4. The fourth-order valence-electron chi connectivity index (χ4n) is 0.537. The molecule has 0 bridgehead atoms. The summed E-state index contributed by atoms with van der Waals surface area (Å²) in [5.74, 6) is 7.83. The van der Waals surface area contributed by atoms with Crippen molar-refractivity contribution < 1.29 is 9.90 Å². The number of aliphatic carboxylic acids is 1. The standard InChI is InChI=1S/C13H10O2/c1-2-3-4-5-6-7-8-9-10-11-12-13(14)15/h2-8H,1H2,(H,14,15). The van der Waals surface area contributed by atoms with Crippen LogP contribution < -0.4 is 0 Å². The first-order valence-corrected chi connectivity index (χ1v) is 4.12. The maximum atomic E-state index is 9.95. The van der Waals surface area contributed by atoms with Crippen LogP contribution in [0.3, 0.4) is 0 Å². The molecule has 0 aromatic rings. The molecule has 0 radical (unpaired) electrons. The molecule has 0 saturated carbocycles. The molecule has 0 aromatic carbocycles. The molecule has 1 N–H and O–H groups in total. The van der Waals surface area contributed by atoms with Crippen molar-refractivity contribution >= 4 is 5.97 Å². The summed E-state index contributed by atoms with van der Waals surface area (Å²) in [5, 5.41) is 8.15. The minimum absolute atomic E-state index is 1.18. The molecule has 0 spiro atoms. The van der Waals surface area contributed by atoms with Crippen LogP contribution in [0, 0.1) is 23.7 Å². The first kappa shape index (κ1) is 12.6. The number of hydrogen-bond donors (Lipinski definition) is 1. The molecular weight excluding hydrogens is 188 g/mol. The minimum Gasteiger partial charge on any atom is -0.472 e. The Morgan fingerprint density at radius 1 is 1.07 bits per heavy atom. The molecule has 74 valence electrons. The van der Waals surface area contributed by atoms with Gasteiger partial charge in [0.2, 0.25) is 0 Å². The Labute approximate surface area is 89.3 Å². The van der Waals surface area contributed by atoms with Gasteiger partial charge in [0, 0.05) is 5.92 Å². The van der Waals surface area contributed by atoms with Crippen molar-refractivity contribution in [2.24, 2.45) is 0 Å². The van der Waals surface area contributed by atoms with Crippen LogP contribution in [0.2, 0.25) is 0 Å². The van der Waals surface area contributed by atoms with Crippen molar-refractivity contribution in [3.63, 3.8) is 0 Å². The van der Waals surface area contributed by atoms with E-state index in [0.29, 0.717) is 0 Å². The van der Waals surface area contributed by atoms with Crippen LogP contribution in [-0.2, 0) is 4.79 Å². The summed E-state index contributed by atoms with van der Waals surface area (Å²) >= 11 is 0. The molecule has 0 aliphatic rings. The summed E-state index contributed by atoms with van der Waals surface area (Å²) < 4.78 is 0. The molecule has 2 heteroatoms. The number of rotatable bonds is 3. The van der Waals surface area contributed by atoms with Crippen molar-refractivity contribution in [2.75, 3.05) is 0 Å². The smallest absolute Gasteiger partial charge is 0.382 e. The third-order valence-electron chi connectivity index (χ3n) is 1.06. The Morgan fingerprint density at radius 2 is 1.73 bits per heavy atom. The summed E-state index contributed by atoms with van der Waals surface area (Å²) in [6.07, 6.45) is 12.2. The third kappa shape index (κ3) is 11.5. The molecule has 0 aliphatic heterocycles. The van der Waals surface area contributed by atoms with Crippen molar-refractivity contribution in [1.29, 1.82) is 0 Å². The highest BCUT2D eigenvalue weighted by Gasteiger charge is 1.78. The van der Waals surface area contributed by atoms with Gasteiger partial charge in [0.1, 0.15) is 0 Å². The van der Waals surface area contributed by atoms with E-state index in [0.717, 1.165) is 0 Å². The second-order valence-electron chi connectivity index (χ2n) is 2.19. The van der Waals surface area contributed by atoms with Crippen LogP contribution >= 0.6 is 0 Å². The monoisotopic (exact) mass is 198 g/mol. The highest BCUT2D eigenvalue weighted by Crippen LogP contribution is 1.79. The van der Waals surface area contributed by atoms with Crippen molar-refractivity contribution in [3.8, 4) is 23.7 Å². The van der Waals surface area contributed by atoms with Gasteiger partial charge in [-0.15, -0.1) is 0 Å². The number of carbonyl (C=O) groups is 1. The van der Waals surface area contributed by atoms with Crippen LogP contribution in [0.5, 0.6) is 0 Å². The molecule has 0 fully saturated rings. The molecule has 0 rings (SSSR count). The van der Waals surface area contributed by atoms with Crippen LogP contribution in [0.1, 0.15) is 0 Å². The molecule has 0 unspecified atom stereocenters. The average molecular weight is 198 g/mol. The van der Waals surface area contributed by atoms with Gasteiger partial charge in [0.25, 0.3) is 0 Å². The van der Waals surface area contributed by atoms with Gasteiger partial charge >= 0.3 is 5.97 Å².